The molecule has 15 heavy (non-hydrogen) atoms. The van der Waals surface area contributed by atoms with Gasteiger partial charge in [0.1, 0.15) is 0 Å². The van der Waals surface area contributed by atoms with Crippen molar-refractivity contribution in [1.29, 1.82) is 0 Å². The lowest BCUT2D eigenvalue weighted by atomic mass is 10.0. The van der Waals surface area contributed by atoms with Crippen molar-refractivity contribution < 1.29 is 9.53 Å². The van der Waals surface area contributed by atoms with E-state index in [1.165, 1.54) is 6.08 Å². The van der Waals surface area contributed by atoms with Gasteiger partial charge in [0.2, 0.25) is 0 Å². The maximum Gasteiger partial charge on any atom is 0.331 e. The third-order valence-electron chi connectivity index (χ3n) is 2.19. The SMILES string of the molecule is CCOC(=O)/C=C(/C)c1ccccc1C. The second kappa shape index (κ2) is 5.35. The highest BCUT2D eigenvalue weighted by Crippen LogP contribution is 2.17. The third-order valence-corrected chi connectivity index (χ3v) is 2.19. The first-order valence-corrected chi connectivity index (χ1v) is 5.06. The lowest BCUT2D eigenvalue weighted by molar-refractivity contribution is -0.137. The molecule has 0 heterocycles. The molecule has 2 nitrogen and oxygen atoms in total. The molecule has 1 aromatic carbocycles. The van der Waals surface area contributed by atoms with Gasteiger partial charge in [-0.3, -0.25) is 0 Å². The Morgan fingerprint density at radius 3 is 2.67 bits per heavy atom. The van der Waals surface area contributed by atoms with Gasteiger partial charge in [0, 0.05) is 6.08 Å². The molecule has 0 spiro atoms. The van der Waals surface area contributed by atoms with Gasteiger partial charge in [-0.25, -0.2) is 4.79 Å². The quantitative estimate of drug-likeness (QED) is 0.559. The Hall–Kier alpha value is -1.57. The van der Waals surface area contributed by atoms with E-state index in [-0.39, 0.29) is 5.97 Å². The molecular formula is C13H16O2. The van der Waals surface area contributed by atoms with Crippen LogP contribution in [0.25, 0.3) is 5.57 Å². The lowest BCUT2D eigenvalue weighted by Crippen LogP contribution is -2.00. The summed E-state index contributed by atoms with van der Waals surface area (Å²) < 4.78 is 4.86. The van der Waals surface area contributed by atoms with E-state index in [9.17, 15) is 4.79 Å². The zero-order valence-electron chi connectivity index (χ0n) is 9.41. The minimum absolute atomic E-state index is 0.279. The molecule has 0 radical (unpaired) electrons. The van der Waals surface area contributed by atoms with E-state index in [4.69, 9.17) is 4.74 Å². The fourth-order valence-corrected chi connectivity index (χ4v) is 1.45. The van der Waals surface area contributed by atoms with E-state index in [0.717, 1.165) is 16.7 Å². The zero-order valence-corrected chi connectivity index (χ0v) is 9.41. The minimum atomic E-state index is -0.279. The first kappa shape index (κ1) is 11.5. The van der Waals surface area contributed by atoms with Crippen LogP contribution in [-0.2, 0) is 9.53 Å². The average Bonchev–Trinajstić information content (AvgIpc) is 2.18. The van der Waals surface area contributed by atoms with Crippen LogP contribution in [0.1, 0.15) is 25.0 Å². The fourth-order valence-electron chi connectivity index (χ4n) is 1.45. The van der Waals surface area contributed by atoms with Crippen LogP contribution in [0.4, 0.5) is 0 Å². The molecule has 0 atom stereocenters. The normalized spacial score (nSPS) is 11.3. The predicted octanol–water partition coefficient (Wildman–Crippen LogP) is 2.96. The molecule has 0 saturated carbocycles. The Bertz CT molecular complexity index is 378. The van der Waals surface area contributed by atoms with E-state index in [2.05, 4.69) is 0 Å². The fraction of sp³-hybridized carbons (Fsp3) is 0.308. The molecular weight excluding hydrogens is 188 g/mol. The summed E-state index contributed by atoms with van der Waals surface area (Å²) in [6, 6.07) is 7.97. The standard InChI is InChI=1S/C13H16O2/c1-4-15-13(14)9-11(3)12-8-6-5-7-10(12)2/h5-9H,4H2,1-3H3/b11-9-. The minimum Gasteiger partial charge on any atom is -0.463 e. The number of esters is 1. The molecule has 0 bridgehead atoms. The zero-order chi connectivity index (χ0) is 11.3. The van der Waals surface area contributed by atoms with Crippen molar-refractivity contribution in [2.24, 2.45) is 0 Å². The van der Waals surface area contributed by atoms with Crippen LogP contribution in [0, 0.1) is 6.92 Å². The molecule has 0 N–H and O–H groups in total. The van der Waals surface area contributed by atoms with Gasteiger partial charge in [-0.2, -0.15) is 0 Å². The molecule has 0 aromatic heterocycles. The number of carbonyl (C=O) groups is 1. The number of benzene rings is 1. The van der Waals surface area contributed by atoms with E-state index in [1.54, 1.807) is 6.92 Å². The van der Waals surface area contributed by atoms with Crippen molar-refractivity contribution in [3.05, 3.63) is 41.5 Å². The molecule has 1 rings (SSSR count). The molecule has 0 amide bonds. The van der Waals surface area contributed by atoms with Crippen molar-refractivity contribution in [3.63, 3.8) is 0 Å². The summed E-state index contributed by atoms with van der Waals surface area (Å²) in [5.74, 6) is -0.279. The summed E-state index contributed by atoms with van der Waals surface area (Å²) in [5.41, 5.74) is 3.19. The monoisotopic (exact) mass is 204 g/mol. The van der Waals surface area contributed by atoms with Crippen molar-refractivity contribution >= 4 is 11.5 Å². The summed E-state index contributed by atoms with van der Waals surface area (Å²) in [4.78, 5) is 11.2. The first-order valence-electron chi connectivity index (χ1n) is 5.06. The van der Waals surface area contributed by atoms with Crippen molar-refractivity contribution in [3.8, 4) is 0 Å². The Kier molecular flexibility index (Phi) is 4.10. The van der Waals surface area contributed by atoms with Crippen LogP contribution in [0.5, 0.6) is 0 Å². The van der Waals surface area contributed by atoms with Crippen LogP contribution in [0.2, 0.25) is 0 Å². The summed E-state index contributed by atoms with van der Waals surface area (Å²) in [7, 11) is 0. The maximum absolute atomic E-state index is 11.2. The molecule has 0 unspecified atom stereocenters. The predicted molar refractivity (Wildman–Crippen MR) is 61.5 cm³/mol. The van der Waals surface area contributed by atoms with Crippen LogP contribution >= 0.6 is 0 Å². The second-order valence-electron chi connectivity index (χ2n) is 3.39. The van der Waals surface area contributed by atoms with Crippen LogP contribution in [0.15, 0.2) is 30.3 Å². The van der Waals surface area contributed by atoms with Crippen molar-refractivity contribution in [1.82, 2.24) is 0 Å². The van der Waals surface area contributed by atoms with Gasteiger partial charge in [0.15, 0.2) is 0 Å². The smallest absolute Gasteiger partial charge is 0.331 e. The number of hydrogen-bond donors (Lipinski definition) is 0. The highest BCUT2D eigenvalue weighted by Gasteiger charge is 2.02. The molecule has 1 aromatic rings. The number of carbonyl (C=O) groups excluding carboxylic acids is 1. The molecule has 0 aliphatic rings. The molecule has 0 saturated heterocycles. The molecule has 0 aliphatic heterocycles. The van der Waals surface area contributed by atoms with Crippen molar-refractivity contribution in [2.75, 3.05) is 6.61 Å². The Morgan fingerprint density at radius 2 is 2.07 bits per heavy atom. The second-order valence-corrected chi connectivity index (χ2v) is 3.39. The van der Waals surface area contributed by atoms with E-state index >= 15 is 0 Å². The third kappa shape index (κ3) is 3.24. The van der Waals surface area contributed by atoms with Crippen molar-refractivity contribution in [2.45, 2.75) is 20.8 Å². The number of hydrogen-bond acceptors (Lipinski definition) is 2. The Labute approximate surface area is 90.6 Å². The van der Waals surface area contributed by atoms with Gasteiger partial charge in [0.25, 0.3) is 0 Å². The van der Waals surface area contributed by atoms with Crippen LogP contribution < -0.4 is 0 Å². The van der Waals surface area contributed by atoms with Gasteiger partial charge in [-0.1, -0.05) is 24.3 Å². The van der Waals surface area contributed by atoms with Gasteiger partial charge >= 0.3 is 5.97 Å². The summed E-state index contributed by atoms with van der Waals surface area (Å²) in [5, 5.41) is 0. The number of rotatable bonds is 3. The van der Waals surface area contributed by atoms with Crippen LogP contribution in [0.3, 0.4) is 0 Å². The van der Waals surface area contributed by atoms with E-state index < -0.39 is 0 Å². The molecule has 0 fully saturated rings. The average molecular weight is 204 g/mol. The van der Waals surface area contributed by atoms with Gasteiger partial charge in [-0.05, 0) is 37.5 Å². The van der Waals surface area contributed by atoms with E-state index in [0.29, 0.717) is 6.61 Å². The van der Waals surface area contributed by atoms with Crippen LogP contribution in [-0.4, -0.2) is 12.6 Å². The summed E-state index contributed by atoms with van der Waals surface area (Å²) >= 11 is 0. The largest absolute Gasteiger partial charge is 0.463 e. The number of allylic oxidation sites excluding steroid dienone is 1. The Balaban J connectivity index is 2.89. The summed E-state index contributed by atoms with van der Waals surface area (Å²) in [6.45, 7) is 6.16. The highest BCUT2D eigenvalue weighted by atomic mass is 16.5. The van der Waals surface area contributed by atoms with Gasteiger partial charge < -0.3 is 4.74 Å². The van der Waals surface area contributed by atoms with Gasteiger partial charge in [0.05, 0.1) is 6.61 Å². The Morgan fingerprint density at radius 1 is 1.40 bits per heavy atom. The summed E-state index contributed by atoms with van der Waals surface area (Å²) in [6.07, 6.45) is 1.53. The molecule has 2 heteroatoms. The number of ether oxygens (including phenoxy) is 1. The molecule has 80 valence electrons. The van der Waals surface area contributed by atoms with E-state index in [1.807, 2.05) is 38.1 Å². The number of aryl methyl sites for hydroxylation is 1. The molecule has 0 aliphatic carbocycles. The highest BCUT2D eigenvalue weighted by molar-refractivity contribution is 5.91. The maximum atomic E-state index is 11.2. The van der Waals surface area contributed by atoms with Gasteiger partial charge in [-0.15, -0.1) is 0 Å². The topological polar surface area (TPSA) is 26.3 Å². The first-order chi connectivity index (χ1) is 7.15. The lowest BCUT2D eigenvalue weighted by Gasteiger charge is -2.05.